The summed E-state index contributed by atoms with van der Waals surface area (Å²) in [5, 5.41) is 9.55. The Balaban J connectivity index is 1.61. The van der Waals surface area contributed by atoms with E-state index in [2.05, 4.69) is 53.2 Å². The van der Waals surface area contributed by atoms with Crippen LogP contribution in [-0.4, -0.2) is 17.6 Å². The molecular weight excluding hydrogens is 276 g/mol. The van der Waals surface area contributed by atoms with Crippen LogP contribution in [0.2, 0.25) is 0 Å². The molecule has 1 fully saturated rings. The third-order valence-electron chi connectivity index (χ3n) is 4.18. The summed E-state index contributed by atoms with van der Waals surface area (Å²) in [6.07, 6.45) is 3.65. The number of fused-ring (bicyclic) bond motifs is 1. The van der Waals surface area contributed by atoms with Crippen molar-refractivity contribution in [2.75, 3.05) is 6.54 Å². The predicted molar refractivity (Wildman–Crippen MR) is 89.8 cm³/mol. The molecule has 1 aromatic heterocycles. The predicted octanol–water partition coefficient (Wildman–Crippen LogP) is 4.26. The highest BCUT2D eigenvalue weighted by Gasteiger charge is 2.16. The summed E-state index contributed by atoms with van der Waals surface area (Å²) >= 11 is 1.79. The van der Waals surface area contributed by atoms with Crippen LogP contribution in [0.4, 0.5) is 0 Å². The third kappa shape index (κ3) is 2.71. The zero-order valence-electron chi connectivity index (χ0n) is 11.9. The van der Waals surface area contributed by atoms with Gasteiger partial charge < -0.3 is 5.32 Å². The molecule has 0 amide bonds. The topological polar surface area (TPSA) is 24.9 Å². The van der Waals surface area contributed by atoms with Crippen molar-refractivity contribution in [3.63, 3.8) is 0 Å². The van der Waals surface area contributed by atoms with Crippen LogP contribution in [0.5, 0.6) is 0 Å². The molecule has 1 aliphatic rings. The first kappa shape index (κ1) is 13.0. The van der Waals surface area contributed by atoms with Crippen LogP contribution in [0, 0.1) is 0 Å². The van der Waals surface area contributed by atoms with Crippen molar-refractivity contribution in [1.82, 2.24) is 10.3 Å². The lowest BCUT2D eigenvalue weighted by atomic mass is 10.1. The molecule has 1 atom stereocenters. The van der Waals surface area contributed by atoms with E-state index in [-0.39, 0.29) is 0 Å². The molecule has 0 bridgehead atoms. The molecule has 2 heterocycles. The standard InChI is InChI=1S/C18H18N2S/c1-2-5-14-10-15(8-7-13(14)4-1)17-12-21-18(20-17)11-16-6-3-9-19-16/h1-2,4-5,7-8,10,12,16,19H,3,6,9,11H2. The van der Waals surface area contributed by atoms with Crippen molar-refractivity contribution in [2.24, 2.45) is 0 Å². The van der Waals surface area contributed by atoms with Crippen LogP contribution >= 0.6 is 11.3 Å². The highest BCUT2D eigenvalue weighted by atomic mass is 32.1. The van der Waals surface area contributed by atoms with Crippen LogP contribution in [0.3, 0.4) is 0 Å². The molecule has 3 aromatic rings. The summed E-state index contributed by atoms with van der Waals surface area (Å²) in [7, 11) is 0. The van der Waals surface area contributed by atoms with Crippen LogP contribution in [0.25, 0.3) is 22.0 Å². The number of hydrogen-bond donors (Lipinski definition) is 1. The van der Waals surface area contributed by atoms with Crippen molar-refractivity contribution in [1.29, 1.82) is 0 Å². The normalized spacial score (nSPS) is 18.4. The second-order valence-corrected chi connectivity index (χ2v) is 6.63. The summed E-state index contributed by atoms with van der Waals surface area (Å²) < 4.78 is 0. The van der Waals surface area contributed by atoms with E-state index in [4.69, 9.17) is 4.98 Å². The molecule has 3 heteroatoms. The van der Waals surface area contributed by atoms with Gasteiger partial charge in [0.1, 0.15) is 0 Å². The molecule has 106 valence electrons. The first-order valence-corrected chi connectivity index (χ1v) is 8.43. The molecule has 1 unspecified atom stereocenters. The average molecular weight is 294 g/mol. The first-order valence-electron chi connectivity index (χ1n) is 7.55. The Morgan fingerprint density at radius 1 is 1.14 bits per heavy atom. The number of aromatic nitrogens is 1. The van der Waals surface area contributed by atoms with Crippen LogP contribution in [0.15, 0.2) is 47.8 Å². The Labute approximate surface area is 128 Å². The van der Waals surface area contributed by atoms with Gasteiger partial charge in [-0.3, -0.25) is 0 Å². The van der Waals surface area contributed by atoms with Gasteiger partial charge in [0.2, 0.25) is 0 Å². The fourth-order valence-electron chi connectivity index (χ4n) is 3.03. The Bertz CT molecular complexity index is 757. The van der Waals surface area contributed by atoms with Crippen LogP contribution in [-0.2, 0) is 6.42 Å². The Morgan fingerprint density at radius 2 is 2.05 bits per heavy atom. The molecule has 1 N–H and O–H groups in total. The Kier molecular flexibility index (Phi) is 3.45. The largest absolute Gasteiger partial charge is 0.314 e. The molecule has 4 rings (SSSR count). The molecule has 0 saturated carbocycles. The van der Waals surface area contributed by atoms with Gasteiger partial charge in [-0.2, -0.15) is 0 Å². The molecule has 0 aliphatic carbocycles. The summed E-state index contributed by atoms with van der Waals surface area (Å²) in [6, 6.07) is 15.7. The maximum absolute atomic E-state index is 4.83. The van der Waals surface area contributed by atoms with Gasteiger partial charge in [0.05, 0.1) is 10.7 Å². The fourth-order valence-corrected chi connectivity index (χ4v) is 3.91. The second-order valence-electron chi connectivity index (χ2n) is 5.69. The molecular formula is C18H18N2S. The molecule has 0 spiro atoms. The maximum Gasteiger partial charge on any atom is 0.0948 e. The molecule has 21 heavy (non-hydrogen) atoms. The van der Waals surface area contributed by atoms with Crippen molar-refractivity contribution < 1.29 is 0 Å². The fraction of sp³-hybridized carbons (Fsp3) is 0.278. The number of rotatable bonds is 3. The van der Waals surface area contributed by atoms with E-state index in [9.17, 15) is 0 Å². The first-order chi connectivity index (χ1) is 10.4. The SMILES string of the molecule is c1ccc2cc(-c3csc(CC4CCCN4)n3)ccc2c1. The summed E-state index contributed by atoms with van der Waals surface area (Å²) in [5.74, 6) is 0. The minimum Gasteiger partial charge on any atom is -0.314 e. The summed E-state index contributed by atoms with van der Waals surface area (Å²) in [6.45, 7) is 1.16. The average Bonchev–Trinajstić information content (AvgIpc) is 3.19. The second kappa shape index (κ2) is 5.58. The number of benzene rings is 2. The number of thiazole rings is 1. The lowest BCUT2D eigenvalue weighted by molar-refractivity contribution is 0.601. The third-order valence-corrected chi connectivity index (χ3v) is 5.05. The highest BCUT2D eigenvalue weighted by molar-refractivity contribution is 7.09. The van der Waals surface area contributed by atoms with E-state index >= 15 is 0 Å². The minimum atomic E-state index is 0.626. The number of nitrogens with one attached hydrogen (secondary N) is 1. The lowest BCUT2D eigenvalue weighted by Gasteiger charge is -2.06. The van der Waals surface area contributed by atoms with Gasteiger partial charge in [0.15, 0.2) is 0 Å². The van der Waals surface area contributed by atoms with Gasteiger partial charge in [-0.05, 0) is 36.2 Å². The highest BCUT2D eigenvalue weighted by Crippen LogP contribution is 2.26. The quantitative estimate of drug-likeness (QED) is 0.781. The number of nitrogens with zero attached hydrogens (tertiary/aromatic N) is 1. The van der Waals surface area contributed by atoms with Gasteiger partial charge in [0, 0.05) is 23.4 Å². The Morgan fingerprint density at radius 3 is 2.90 bits per heavy atom. The number of hydrogen-bond acceptors (Lipinski definition) is 3. The minimum absolute atomic E-state index is 0.626. The van der Waals surface area contributed by atoms with E-state index in [1.165, 1.54) is 34.2 Å². The Hall–Kier alpha value is -1.71. The van der Waals surface area contributed by atoms with E-state index < -0.39 is 0 Å². The van der Waals surface area contributed by atoms with Crippen LogP contribution < -0.4 is 5.32 Å². The van der Waals surface area contributed by atoms with Crippen molar-refractivity contribution in [3.8, 4) is 11.3 Å². The smallest absolute Gasteiger partial charge is 0.0948 e. The van der Waals surface area contributed by atoms with Gasteiger partial charge in [-0.25, -0.2) is 4.98 Å². The van der Waals surface area contributed by atoms with Crippen molar-refractivity contribution in [3.05, 3.63) is 52.9 Å². The van der Waals surface area contributed by atoms with Gasteiger partial charge >= 0.3 is 0 Å². The van der Waals surface area contributed by atoms with E-state index in [0.29, 0.717) is 6.04 Å². The van der Waals surface area contributed by atoms with E-state index in [1.807, 2.05) is 0 Å². The molecule has 2 aromatic carbocycles. The van der Waals surface area contributed by atoms with Crippen LogP contribution in [0.1, 0.15) is 17.8 Å². The zero-order chi connectivity index (χ0) is 14.1. The molecule has 0 radical (unpaired) electrons. The van der Waals surface area contributed by atoms with Gasteiger partial charge in [0.25, 0.3) is 0 Å². The summed E-state index contributed by atoms with van der Waals surface area (Å²) in [5.41, 5.74) is 2.33. The summed E-state index contributed by atoms with van der Waals surface area (Å²) in [4.78, 5) is 4.83. The monoisotopic (exact) mass is 294 g/mol. The van der Waals surface area contributed by atoms with E-state index in [0.717, 1.165) is 18.7 Å². The molecule has 2 nitrogen and oxygen atoms in total. The maximum atomic E-state index is 4.83. The van der Waals surface area contributed by atoms with Gasteiger partial charge in [-0.15, -0.1) is 11.3 Å². The van der Waals surface area contributed by atoms with Gasteiger partial charge in [-0.1, -0.05) is 36.4 Å². The van der Waals surface area contributed by atoms with Crippen molar-refractivity contribution >= 4 is 22.1 Å². The van der Waals surface area contributed by atoms with Crippen molar-refractivity contribution in [2.45, 2.75) is 25.3 Å². The molecule has 1 saturated heterocycles. The molecule has 1 aliphatic heterocycles. The van der Waals surface area contributed by atoms with E-state index in [1.54, 1.807) is 11.3 Å². The zero-order valence-corrected chi connectivity index (χ0v) is 12.7. The lowest BCUT2D eigenvalue weighted by Crippen LogP contribution is -2.23.